The van der Waals surface area contributed by atoms with E-state index < -0.39 is 5.60 Å². The van der Waals surface area contributed by atoms with Crippen LogP contribution < -0.4 is 4.74 Å². The van der Waals surface area contributed by atoms with Crippen LogP contribution in [-0.4, -0.2) is 23.7 Å². The van der Waals surface area contributed by atoms with E-state index >= 15 is 0 Å². The number of ether oxygens (including phenoxy) is 2. The third kappa shape index (κ3) is 3.93. The summed E-state index contributed by atoms with van der Waals surface area (Å²) in [5, 5.41) is 2.90. The lowest BCUT2D eigenvalue weighted by Gasteiger charge is -2.30. The van der Waals surface area contributed by atoms with E-state index in [0.717, 1.165) is 28.4 Å². The van der Waals surface area contributed by atoms with E-state index in [1.807, 2.05) is 47.8 Å². The summed E-state index contributed by atoms with van der Waals surface area (Å²) < 4.78 is 11.7. The molecule has 0 bridgehead atoms. The monoisotopic (exact) mass is 364 g/mol. The Balaban J connectivity index is 1.76. The predicted octanol–water partition coefficient (Wildman–Crippen LogP) is 4.27. The average molecular weight is 364 g/mol. The average Bonchev–Trinajstić information content (AvgIpc) is 3.23. The number of rotatable bonds is 6. The fourth-order valence-electron chi connectivity index (χ4n) is 2.77. The van der Waals surface area contributed by atoms with Gasteiger partial charge >= 0.3 is 0 Å². The van der Waals surface area contributed by atoms with E-state index in [-0.39, 0.29) is 0 Å². The van der Waals surface area contributed by atoms with Gasteiger partial charge in [-0.05, 0) is 42.2 Å². The van der Waals surface area contributed by atoms with E-state index in [2.05, 4.69) is 28.7 Å². The van der Waals surface area contributed by atoms with Crippen molar-refractivity contribution in [3.63, 3.8) is 0 Å². The molecule has 1 atom stereocenters. The lowest BCUT2D eigenvalue weighted by Crippen LogP contribution is -2.29. The van der Waals surface area contributed by atoms with Gasteiger partial charge in [0.25, 0.3) is 0 Å². The molecule has 0 saturated carbocycles. The second-order valence-electron chi connectivity index (χ2n) is 5.56. The zero-order valence-corrected chi connectivity index (χ0v) is 15.6. The third-order valence-electron chi connectivity index (χ3n) is 4.12. The quantitative estimate of drug-likeness (QED) is 0.613. The number of thiazole rings is 1. The van der Waals surface area contributed by atoms with Crippen LogP contribution in [0, 0.1) is 11.8 Å². The Hall–Kier alpha value is -2.68. The maximum Gasteiger partial charge on any atom is 0.149 e. The van der Waals surface area contributed by atoms with E-state index in [1.165, 1.54) is 0 Å². The van der Waals surface area contributed by atoms with Crippen LogP contribution in [0.5, 0.6) is 5.75 Å². The molecule has 2 heterocycles. The summed E-state index contributed by atoms with van der Waals surface area (Å²) in [4.78, 5) is 8.64. The van der Waals surface area contributed by atoms with Crippen molar-refractivity contribution in [2.24, 2.45) is 0 Å². The lowest BCUT2D eigenvalue weighted by molar-refractivity contribution is 0.0182. The highest BCUT2D eigenvalue weighted by Gasteiger charge is 2.35. The number of hydrogen-bond donors (Lipinski definition) is 0. The molecule has 5 heteroatoms. The minimum atomic E-state index is -0.562. The van der Waals surface area contributed by atoms with Crippen molar-refractivity contribution in [3.8, 4) is 17.6 Å². The SMILES string of the molecule is CCC(OC)(c1cccc(OCC#Cc2ccccn2)c1)c1nccs1. The molecule has 26 heavy (non-hydrogen) atoms. The summed E-state index contributed by atoms with van der Waals surface area (Å²) in [6, 6.07) is 13.6. The molecule has 3 aromatic rings. The van der Waals surface area contributed by atoms with Gasteiger partial charge in [0.15, 0.2) is 0 Å². The van der Waals surface area contributed by atoms with Crippen LogP contribution in [0.4, 0.5) is 0 Å². The minimum absolute atomic E-state index is 0.295. The van der Waals surface area contributed by atoms with Gasteiger partial charge in [0.05, 0.1) is 0 Å². The summed E-state index contributed by atoms with van der Waals surface area (Å²) in [7, 11) is 1.72. The number of nitrogens with zero attached hydrogens (tertiary/aromatic N) is 2. The van der Waals surface area contributed by atoms with E-state index in [4.69, 9.17) is 9.47 Å². The van der Waals surface area contributed by atoms with Crippen molar-refractivity contribution in [2.45, 2.75) is 18.9 Å². The number of methoxy groups -OCH3 is 1. The molecule has 1 aromatic carbocycles. The van der Waals surface area contributed by atoms with Crippen molar-refractivity contribution in [1.29, 1.82) is 0 Å². The van der Waals surface area contributed by atoms with Crippen LogP contribution in [0.3, 0.4) is 0 Å². The summed E-state index contributed by atoms with van der Waals surface area (Å²) in [6.45, 7) is 2.39. The van der Waals surface area contributed by atoms with E-state index in [1.54, 1.807) is 30.8 Å². The second-order valence-corrected chi connectivity index (χ2v) is 6.45. The number of aromatic nitrogens is 2. The first-order valence-electron chi connectivity index (χ1n) is 8.37. The third-order valence-corrected chi connectivity index (χ3v) is 5.03. The smallest absolute Gasteiger partial charge is 0.149 e. The highest BCUT2D eigenvalue weighted by atomic mass is 32.1. The Morgan fingerprint density at radius 2 is 2.04 bits per heavy atom. The molecule has 0 radical (unpaired) electrons. The Bertz CT molecular complexity index is 879. The molecule has 3 rings (SSSR count). The molecule has 0 fully saturated rings. The molecule has 0 amide bonds. The topological polar surface area (TPSA) is 44.2 Å². The van der Waals surface area contributed by atoms with Crippen LogP contribution >= 0.6 is 11.3 Å². The molecular weight excluding hydrogens is 344 g/mol. The Kier molecular flexibility index (Phi) is 6.00. The van der Waals surface area contributed by atoms with Gasteiger partial charge in [-0.3, -0.25) is 0 Å². The summed E-state index contributed by atoms with van der Waals surface area (Å²) >= 11 is 1.59. The summed E-state index contributed by atoms with van der Waals surface area (Å²) in [6.07, 6.45) is 4.30. The number of benzene rings is 1. The molecule has 0 N–H and O–H groups in total. The molecule has 132 valence electrons. The number of pyridine rings is 1. The standard InChI is InChI=1S/C21H20N2O2S/c1-3-21(24-2,20-23-13-15-26-20)17-8-6-11-19(16-17)25-14-7-10-18-9-4-5-12-22-18/h4-6,8-9,11-13,15-16H,3,14H2,1-2H3. The van der Waals surface area contributed by atoms with Crippen molar-refractivity contribution in [3.05, 3.63) is 76.5 Å². The zero-order chi connectivity index (χ0) is 18.2. The summed E-state index contributed by atoms with van der Waals surface area (Å²) in [5.41, 5.74) is 1.19. The Labute approximate surface area is 157 Å². The molecule has 4 nitrogen and oxygen atoms in total. The van der Waals surface area contributed by atoms with Crippen molar-refractivity contribution < 1.29 is 9.47 Å². The van der Waals surface area contributed by atoms with Crippen LogP contribution in [-0.2, 0) is 10.3 Å². The molecule has 0 aliphatic rings. The molecule has 1 unspecified atom stereocenters. The van der Waals surface area contributed by atoms with Gasteiger partial charge in [0.2, 0.25) is 0 Å². The summed E-state index contributed by atoms with van der Waals surface area (Å²) in [5.74, 6) is 6.73. The van der Waals surface area contributed by atoms with Crippen molar-refractivity contribution in [2.75, 3.05) is 13.7 Å². The Morgan fingerprint density at radius 3 is 2.73 bits per heavy atom. The fourth-order valence-corrected chi connectivity index (χ4v) is 3.68. The van der Waals surface area contributed by atoms with Crippen LogP contribution in [0.25, 0.3) is 0 Å². The lowest BCUT2D eigenvalue weighted by atomic mass is 9.91. The van der Waals surface area contributed by atoms with Gasteiger partial charge in [-0.2, -0.15) is 0 Å². The van der Waals surface area contributed by atoms with Crippen LogP contribution in [0.15, 0.2) is 60.2 Å². The molecular formula is C21H20N2O2S. The van der Waals surface area contributed by atoms with Gasteiger partial charge in [-0.15, -0.1) is 11.3 Å². The maximum atomic E-state index is 5.91. The second kappa shape index (κ2) is 8.61. The minimum Gasteiger partial charge on any atom is -0.481 e. The zero-order valence-electron chi connectivity index (χ0n) is 14.8. The van der Waals surface area contributed by atoms with Gasteiger partial charge in [-0.25, -0.2) is 9.97 Å². The molecule has 0 spiro atoms. The van der Waals surface area contributed by atoms with Gasteiger partial charge in [0, 0.05) is 24.9 Å². The molecule has 0 aliphatic carbocycles. The largest absolute Gasteiger partial charge is 0.481 e. The molecule has 0 saturated heterocycles. The van der Waals surface area contributed by atoms with Gasteiger partial charge < -0.3 is 9.47 Å². The Morgan fingerprint density at radius 1 is 1.12 bits per heavy atom. The molecule has 0 aliphatic heterocycles. The first-order valence-corrected chi connectivity index (χ1v) is 9.25. The first-order chi connectivity index (χ1) is 12.8. The van der Waals surface area contributed by atoms with Gasteiger partial charge in [-0.1, -0.05) is 31.0 Å². The fraction of sp³-hybridized carbons (Fsp3) is 0.238. The molecule has 2 aromatic heterocycles. The first kappa shape index (κ1) is 18.1. The number of hydrogen-bond acceptors (Lipinski definition) is 5. The maximum absolute atomic E-state index is 5.91. The van der Waals surface area contributed by atoms with Crippen LogP contribution in [0.1, 0.15) is 29.6 Å². The van der Waals surface area contributed by atoms with Crippen molar-refractivity contribution in [1.82, 2.24) is 9.97 Å². The normalized spacial score (nSPS) is 12.7. The van der Waals surface area contributed by atoms with E-state index in [9.17, 15) is 0 Å². The van der Waals surface area contributed by atoms with Gasteiger partial charge in [0.1, 0.15) is 28.7 Å². The highest BCUT2D eigenvalue weighted by molar-refractivity contribution is 7.09. The predicted molar refractivity (Wildman–Crippen MR) is 103 cm³/mol. The van der Waals surface area contributed by atoms with Crippen LogP contribution in [0.2, 0.25) is 0 Å². The highest BCUT2D eigenvalue weighted by Crippen LogP contribution is 2.38. The van der Waals surface area contributed by atoms with E-state index in [0.29, 0.717) is 6.61 Å². The van der Waals surface area contributed by atoms with Crippen molar-refractivity contribution >= 4 is 11.3 Å².